The molecule has 0 bridgehead atoms. The van der Waals surface area contributed by atoms with Gasteiger partial charge in [-0.2, -0.15) is 0 Å². The minimum Gasteiger partial charge on any atom is -0.463 e. The van der Waals surface area contributed by atoms with Crippen LogP contribution in [0.4, 0.5) is 4.79 Å². The van der Waals surface area contributed by atoms with E-state index in [-0.39, 0.29) is 12.4 Å². The number of carbonyl (C=O) groups excluding carboxylic acids is 3. The molecule has 7 nitrogen and oxygen atoms in total. The minimum atomic E-state index is -0.728. The van der Waals surface area contributed by atoms with Crippen LogP contribution in [0.15, 0.2) is 0 Å². The Kier molecular flexibility index (Phi) is 5.96. The fraction of sp³-hybridized carbons (Fsp3) is 0.727. The number of hydrogen-bond donors (Lipinski definition) is 2. The second-order valence-corrected chi connectivity index (χ2v) is 4.04. The van der Waals surface area contributed by atoms with Gasteiger partial charge in [-0.05, 0) is 12.8 Å². The van der Waals surface area contributed by atoms with Crippen molar-refractivity contribution in [2.75, 3.05) is 13.2 Å². The zero-order valence-electron chi connectivity index (χ0n) is 10.1. The number of rotatable bonds is 7. The Bertz CT molecular complexity index is 319. The molecule has 1 fully saturated rings. The van der Waals surface area contributed by atoms with Gasteiger partial charge in [0, 0.05) is 19.4 Å². The number of nitrogens with two attached hydrogens (primary N) is 1. The smallest absolute Gasteiger partial charge is 0.347 e. The number of primary amides is 1. The fourth-order valence-corrected chi connectivity index (χ4v) is 1.58. The second-order valence-electron chi connectivity index (χ2n) is 4.04. The number of cyclic esters (lactones) is 1. The highest BCUT2D eigenvalue weighted by Gasteiger charge is 2.29. The van der Waals surface area contributed by atoms with E-state index in [0.29, 0.717) is 26.0 Å². The summed E-state index contributed by atoms with van der Waals surface area (Å²) in [4.78, 5) is 32.8. The van der Waals surface area contributed by atoms with Crippen LogP contribution in [0.3, 0.4) is 0 Å². The maximum absolute atomic E-state index is 11.4. The Morgan fingerprint density at radius 3 is 2.78 bits per heavy atom. The third-order valence-corrected chi connectivity index (χ3v) is 2.52. The van der Waals surface area contributed by atoms with Crippen LogP contribution in [0.1, 0.15) is 32.1 Å². The molecule has 7 heteroatoms. The molecule has 0 aromatic carbocycles. The van der Waals surface area contributed by atoms with E-state index >= 15 is 0 Å². The highest BCUT2D eigenvalue weighted by atomic mass is 16.6. The number of carbonyl (C=O) groups is 3. The van der Waals surface area contributed by atoms with Crippen molar-refractivity contribution in [2.24, 2.45) is 5.73 Å². The van der Waals surface area contributed by atoms with Gasteiger partial charge in [-0.25, -0.2) is 9.59 Å². The molecular formula is C11H18N2O5. The predicted molar refractivity (Wildman–Crippen MR) is 61.5 cm³/mol. The van der Waals surface area contributed by atoms with Crippen LogP contribution in [0, 0.1) is 0 Å². The van der Waals surface area contributed by atoms with Crippen molar-refractivity contribution in [3.05, 3.63) is 0 Å². The fourth-order valence-electron chi connectivity index (χ4n) is 1.58. The molecule has 3 N–H and O–H groups in total. The van der Waals surface area contributed by atoms with Gasteiger partial charge in [-0.15, -0.1) is 0 Å². The lowest BCUT2D eigenvalue weighted by Gasteiger charge is -2.08. The van der Waals surface area contributed by atoms with Crippen LogP contribution in [-0.4, -0.2) is 37.2 Å². The van der Waals surface area contributed by atoms with Crippen molar-refractivity contribution in [3.63, 3.8) is 0 Å². The number of ether oxygens (including phenoxy) is 2. The van der Waals surface area contributed by atoms with Crippen molar-refractivity contribution in [2.45, 2.75) is 38.2 Å². The van der Waals surface area contributed by atoms with Gasteiger partial charge < -0.3 is 20.5 Å². The molecule has 0 unspecified atom stereocenters. The minimum absolute atomic E-state index is 0.264. The van der Waals surface area contributed by atoms with Crippen LogP contribution >= 0.6 is 0 Å². The van der Waals surface area contributed by atoms with Gasteiger partial charge in [-0.3, -0.25) is 4.79 Å². The summed E-state index contributed by atoms with van der Waals surface area (Å²) in [5.41, 5.74) is 4.89. The monoisotopic (exact) mass is 258 g/mol. The summed E-state index contributed by atoms with van der Waals surface area (Å²) < 4.78 is 9.64. The molecule has 0 aliphatic carbocycles. The van der Waals surface area contributed by atoms with Crippen LogP contribution < -0.4 is 11.1 Å². The zero-order chi connectivity index (χ0) is 13.4. The largest absolute Gasteiger partial charge is 0.463 e. The Morgan fingerprint density at radius 2 is 2.17 bits per heavy atom. The molecule has 0 spiro atoms. The maximum Gasteiger partial charge on any atom is 0.347 e. The van der Waals surface area contributed by atoms with Crippen LogP contribution in [0.2, 0.25) is 0 Å². The van der Waals surface area contributed by atoms with Crippen LogP contribution in [-0.2, 0) is 19.1 Å². The molecule has 0 aromatic rings. The molecule has 2 amide bonds. The number of nitrogens with one attached hydrogen (secondary N) is 1. The Hall–Kier alpha value is -1.79. The highest BCUT2D eigenvalue weighted by Crippen LogP contribution is 2.12. The second kappa shape index (κ2) is 7.52. The summed E-state index contributed by atoms with van der Waals surface area (Å²) in [7, 11) is 0. The van der Waals surface area contributed by atoms with E-state index in [2.05, 4.69) is 10.1 Å². The van der Waals surface area contributed by atoms with Crippen LogP contribution in [0.5, 0.6) is 0 Å². The summed E-state index contributed by atoms with van der Waals surface area (Å²) in [5, 5.41) is 2.46. The summed E-state index contributed by atoms with van der Waals surface area (Å²) in [6.45, 7) is 0.814. The van der Waals surface area contributed by atoms with Crippen molar-refractivity contribution < 1.29 is 23.9 Å². The molecule has 18 heavy (non-hydrogen) atoms. The van der Waals surface area contributed by atoms with Gasteiger partial charge in [0.25, 0.3) is 0 Å². The van der Waals surface area contributed by atoms with E-state index in [1.54, 1.807) is 0 Å². The van der Waals surface area contributed by atoms with E-state index in [9.17, 15) is 14.4 Å². The van der Waals surface area contributed by atoms with Crippen molar-refractivity contribution in [3.8, 4) is 0 Å². The lowest BCUT2D eigenvalue weighted by Crippen LogP contribution is -2.30. The third-order valence-electron chi connectivity index (χ3n) is 2.52. The zero-order valence-corrected chi connectivity index (χ0v) is 10.1. The van der Waals surface area contributed by atoms with E-state index in [0.717, 1.165) is 12.8 Å². The molecule has 0 aromatic heterocycles. The molecular weight excluding hydrogens is 240 g/mol. The Labute approximate surface area is 105 Å². The van der Waals surface area contributed by atoms with E-state index in [1.807, 2.05) is 0 Å². The summed E-state index contributed by atoms with van der Waals surface area (Å²) in [6.07, 6.45) is 2.16. The average Bonchev–Trinajstić information content (AvgIpc) is 2.69. The number of amides is 2. The average molecular weight is 258 g/mol. The quantitative estimate of drug-likeness (QED) is 0.496. The van der Waals surface area contributed by atoms with Crippen molar-refractivity contribution in [1.29, 1.82) is 0 Å². The Morgan fingerprint density at radius 1 is 1.39 bits per heavy atom. The first-order valence-electron chi connectivity index (χ1n) is 5.99. The normalized spacial score (nSPS) is 18.2. The number of hydrogen-bond acceptors (Lipinski definition) is 5. The van der Waals surface area contributed by atoms with Crippen molar-refractivity contribution in [1.82, 2.24) is 5.32 Å². The van der Waals surface area contributed by atoms with Gasteiger partial charge in [0.15, 0.2) is 0 Å². The molecule has 1 atom stereocenters. The molecule has 1 aliphatic rings. The molecule has 0 radical (unpaired) electrons. The first kappa shape index (κ1) is 14.3. The molecule has 102 valence electrons. The third kappa shape index (κ3) is 5.51. The van der Waals surface area contributed by atoms with E-state index in [4.69, 9.17) is 10.5 Å². The molecule has 1 rings (SSSR count). The number of unbranched alkanes of at least 4 members (excludes halogenated alkanes) is 2. The number of esters is 2. The lowest BCUT2D eigenvalue weighted by atomic mass is 10.2. The van der Waals surface area contributed by atoms with Gasteiger partial charge in [0.05, 0.1) is 6.61 Å². The highest BCUT2D eigenvalue weighted by molar-refractivity contribution is 5.80. The van der Waals surface area contributed by atoms with Gasteiger partial charge in [-0.1, -0.05) is 6.42 Å². The SMILES string of the molecule is NC(=O)NCCCCCC(=O)O[C@H]1CCOC1=O. The van der Waals surface area contributed by atoms with Crippen molar-refractivity contribution >= 4 is 18.0 Å². The molecule has 1 saturated heterocycles. The first-order chi connectivity index (χ1) is 8.59. The molecule has 1 aliphatic heterocycles. The maximum atomic E-state index is 11.4. The topological polar surface area (TPSA) is 108 Å². The van der Waals surface area contributed by atoms with Gasteiger partial charge in [0.2, 0.25) is 6.10 Å². The molecule has 0 saturated carbocycles. The van der Waals surface area contributed by atoms with Crippen LogP contribution in [0.25, 0.3) is 0 Å². The summed E-state index contributed by atoms with van der Waals surface area (Å²) in [5.74, 6) is -0.851. The summed E-state index contributed by atoms with van der Waals surface area (Å²) >= 11 is 0. The predicted octanol–water partition coefficient (Wildman–Crippen LogP) is 0.0738. The standard InChI is InChI=1S/C11H18N2O5/c12-11(16)13-6-3-1-2-4-9(14)18-8-5-7-17-10(8)15/h8H,1-7H2,(H3,12,13,16)/t8-/m0/s1. The molecule has 1 heterocycles. The van der Waals surface area contributed by atoms with E-state index in [1.165, 1.54) is 0 Å². The van der Waals surface area contributed by atoms with E-state index < -0.39 is 18.1 Å². The summed E-state index contributed by atoms with van der Waals surface area (Å²) in [6, 6.07) is -0.547. The van der Waals surface area contributed by atoms with Gasteiger partial charge in [0.1, 0.15) is 0 Å². The Balaban J connectivity index is 2.00. The van der Waals surface area contributed by atoms with Gasteiger partial charge >= 0.3 is 18.0 Å². The lowest BCUT2D eigenvalue weighted by molar-refractivity contribution is -0.160. The number of urea groups is 1. The first-order valence-corrected chi connectivity index (χ1v) is 5.99.